The third-order valence-electron chi connectivity index (χ3n) is 3.62. The Morgan fingerprint density at radius 2 is 2.30 bits per heavy atom. The minimum atomic E-state index is -0.144. The summed E-state index contributed by atoms with van der Waals surface area (Å²) in [6, 6.07) is 3.52. The molecule has 0 aliphatic heterocycles. The van der Waals surface area contributed by atoms with Crippen molar-refractivity contribution in [1.29, 1.82) is 0 Å². The number of hydrogen-bond acceptors (Lipinski definition) is 5. The summed E-state index contributed by atoms with van der Waals surface area (Å²) in [5, 5.41) is 3.77. The molecule has 0 saturated carbocycles. The highest BCUT2D eigenvalue weighted by Crippen LogP contribution is 2.21. The lowest BCUT2D eigenvalue weighted by Gasteiger charge is -2.12. The van der Waals surface area contributed by atoms with Gasteiger partial charge in [0.05, 0.1) is 30.4 Å². The minimum Gasteiger partial charge on any atom is -0.467 e. The lowest BCUT2D eigenvalue weighted by atomic mass is 10.2. The lowest BCUT2D eigenvalue weighted by molar-refractivity contribution is -0.119. The van der Waals surface area contributed by atoms with Crippen molar-refractivity contribution in [3.63, 3.8) is 0 Å². The Balaban J connectivity index is 1.92. The maximum Gasteiger partial charge on any atom is 0.231 e. The Morgan fingerprint density at radius 3 is 2.96 bits per heavy atom. The van der Waals surface area contributed by atoms with E-state index in [9.17, 15) is 4.79 Å². The number of carbonyl (C=O) groups is 1. The molecule has 1 unspecified atom stereocenters. The zero-order chi connectivity index (χ0) is 16.8. The van der Waals surface area contributed by atoms with Crippen LogP contribution >= 0.6 is 11.8 Å². The van der Waals surface area contributed by atoms with Crippen molar-refractivity contribution in [3.05, 3.63) is 35.5 Å². The maximum absolute atomic E-state index is 12.1. The van der Waals surface area contributed by atoms with E-state index in [0.29, 0.717) is 12.4 Å². The first-order valence-corrected chi connectivity index (χ1v) is 8.49. The number of imidazole rings is 1. The highest BCUT2D eigenvalue weighted by atomic mass is 32.2. The Hall–Kier alpha value is -1.73. The van der Waals surface area contributed by atoms with Gasteiger partial charge in [-0.3, -0.25) is 4.79 Å². The second kappa shape index (κ2) is 8.21. The van der Waals surface area contributed by atoms with Crippen LogP contribution in [0, 0.1) is 13.8 Å². The molecule has 2 aromatic heterocycles. The number of aromatic nitrogens is 2. The van der Waals surface area contributed by atoms with Gasteiger partial charge in [-0.15, -0.1) is 0 Å². The molecule has 2 rings (SSSR count). The largest absolute Gasteiger partial charge is 0.467 e. The summed E-state index contributed by atoms with van der Waals surface area (Å²) in [6.45, 7) is 7.25. The number of amides is 1. The van der Waals surface area contributed by atoms with Gasteiger partial charge in [0.15, 0.2) is 5.16 Å². The van der Waals surface area contributed by atoms with E-state index in [4.69, 9.17) is 9.15 Å². The van der Waals surface area contributed by atoms with Gasteiger partial charge in [0.25, 0.3) is 0 Å². The van der Waals surface area contributed by atoms with Crippen LogP contribution in [0.15, 0.2) is 28.0 Å². The molecule has 0 spiro atoms. The molecule has 2 heterocycles. The first kappa shape index (κ1) is 17.6. The van der Waals surface area contributed by atoms with Gasteiger partial charge < -0.3 is 19.0 Å². The Morgan fingerprint density at radius 1 is 1.52 bits per heavy atom. The molecular formula is C16H23N3O3S. The molecule has 1 amide bonds. The van der Waals surface area contributed by atoms with Crippen LogP contribution in [0.1, 0.15) is 30.1 Å². The average molecular weight is 337 g/mol. The van der Waals surface area contributed by atoms with E-state index in [1.54, 1.807) is 13.4 Å². The summed E-state index contributed by atoms with van der Waals surface area (Å²) in [6.07, 6.45) is 1.60. The number of nitrogens with zero attached hydrogens (tertiary/aromatic N) is 2. The van der Waals surface area contributed by atoms with Crippen LogP contribution in [0.4, 0.5) is 0 Å². The molecule has 0 saturated heterocycles. The van der Waals surface area contributed by atoms with Crippen LogP contribution in [0.2, 0.25) is 0 Å². The molecular weight excluding hydrogens is 314 g/mol. The zero-order valence-corrected chi connectivity index (χ0v) is 14.8. The molecule has 0 radical (unpaired) electrons. The topological polar surface area (TPSA) is 69.3 Å². The van der Waals surface area contributed by atoms with Crippen molar-refractivity contribution >= 4 is 17.7 Å². The molecule has 2 aromatic rings. The van der Waals surface area contributed by atoms with Gasteiger partial charge in [0.2, 0.25) is 5.91 Å². The Bertz CT molecular complexity index is 637. The third-order valence-corrected chi connectivity index (χ3v) is 4.60. The van der Waals surface area contributed by atoms with Gasteiger partial charge in [-0.25, -0.2) is 4.98 Å². The van der Waals surface area contributed by atoms with Crippen LogP contribution in [-0.2, 0) is 16.1 Å². The minimum absolute atomic E-state index is 0.0458. The van der Waals surface area contributed by atoms with Gasteiger partial charge >= 0.3 is 0 Å². The van der Waals surface area contributed by atoms with Crippen molar-refractivity contribution in [2.24, 2.45) is 0 Å². The number of methoxy groups -OCH3 is 1. The van der Waals surface area contributed by atoms with E-state index in [-0.39, 0.29) is 11.9 Å². The standard InChI is InChI=1S/C16H23N3O3S/c1-11-13(3)19(7-9-21-4)16(18-11)23-10-15(20)17-12(2)14-6-5-8-22-14/h5-6,8,12H,7,9-10H2,1-4H3,(H,17,20). The molecule has 0 aromatic carbocycles. The van der Waals surface area contributed by atoms with E-state index >= 15 is 0 Å². The van der Waals surface area contributed by atoms with Crippen LogP contribution in [-0.4, -0.2) is 34.9 Å². The van der Waals surface area contributed by atoms with E-state index in [0.717, 1.165) is 28.8 Å². The van der Waals surface area contributed by atoms with Gasteiger partial charge in [0, 0.05) is 19.3 Å². The number of aryl methyl sites for hydroxylation is 1. The molecule has 0 bridgehead atoms. The van der Waals surface area contributed by atoms with E-state index < -0.39 is 0 Å². The number of nitrogens with one attached hydrogen (secondary N) is 1. The molecule has 6 nitrogen and oxygen atoms in total. The van der Waals surface area contributed by atoms with Gasteiger partial charge in [-0.2, -0.15) is 0 Å². The predicted octanol–water partition coefficient (Wildman–Crippen LogP) is 2.71. The highest BCUT2D eigenvalue weighted by molar-refractivity contribution is 7.99. The number of furan rings is 1. The Labute approximate surface area is 140 Å². The van der Waals surface area contributed by atoms with Crippen LogP contribution in [0.5, 0.6) is 0 Å². The summed E-state index contributed by atoms with van der Waals surface area (Å²) in [5.41, 5.74) is 2.09. The monoisotopic (exact) mass is 337 g/mol. The van der Waals surface area contributed by atoms with Gasteiger partial charge in [0.1, 0.15) is 5.76 Å². The lowest BCUT2D eigenvalue weighted by Crippen LogP contribution is -2.28. The van der Waals surface area contributed by atoms with Crippen LogP contribution < -0.4 is 5.32 Å². The molecule has 126 valence electrons. The van der Waals surface area contributed by atoms with Crippen molar-refractivity contribution in [2.45, 2.75) is 38.5 Å². The van der Waals surface area contributed by atoms with Crippen molar-refractivity contribution < 1.29 is 13.9 Å². The molecule has 1 atom stereocenters. The van der Waals surface area contributed by atoms with Gasteiger partial charge in [-0.1, -0.05) is 11.8 Å². The molecule has 7 heteroatoms. The molecule has 0 aliphatic carbocycles. The second-order valence-electron chi connectivity index (χ2n) is 5.30. The van der Waals surface area contributed by atoms with Crippen molar-refractivity contribution in [3.8, 4) is 0 Å². The zero-order valence-electron chi connectivity index (χ0n) is 14.0. The Kier molecular flexibility index (Phi) is 6.29. The average Bonchev–Trinajstić information content (AvgIpc) is 3.14. The number of hydrogen-bond donors (Lipinski definition) is 1. The number of ether oxygens (including phenoxy) is 1. The fourth-order valence-electron chi connectivity index (χ4n) is 2.20. The van der Waals surface area contributed by atoms with Gasteiger partial charge in [-0.05, 0) is 32.9 Å². The normalized spacial score (nSPS) is 12.3. The summed E-state index contributed by atoms with van der Waals surface area (Å²) in [5.74, 6) is 1.01. The fourth-order valence-corrected chi connectivity index (χ4v) is 3.13. The summed E-state index contributed by atoms with van der Waals surface area (Å²) < 4.78 is 12.5. The molecule has 23 heavy (non-hydrogen) atoms. The highest BCUT2D eigenvalue weighted by Gasteiger charge is 2.15. The van der Waals surface area contributed by atoms with Crippen LogP contribution in [0.3, 0.4) is 0 Å². The first-order valence-electron chi connectivity index (χ1n) is 7.51. The smallest absolute Gasteiger partial charge is 0.231 e. The molecule has 0 fully saturated rings. The number of thioether (sulfide) groups is 1. The van der Waals surface area contributed by atoms with Crippen molar-refractivity contribution in [1.82, 2.24) is 14.9 Å². The van der Waals surface area contributed by atoms with Crippen molar-refractivity contribution in [2.75, 3.05) is 19.5 Å². The first-order chi connectivity index (χ1) is 11.0. The number of carbonyl (C=O) groups excluding carboxylic acids is 1. The molecule has 1 N–H and O–H groups in total. The number of rotatable bonds is 8. The maximum atomic E-state index is 12.1. The quantitative estimate of drug-likeness (QED) is 0.750. The van der Waals surface area contributed by atoms with Crippen LogP contribution in [0.25, 0.3) is 0 Å². The summed E-state index contributed by atoms with van der Waals surface area (Å²) in [4.78, 5) is 16.6. The summed E-state index contributed by atoms with van der Waals surface area (Å²) in [7, 11) is 1.68. The fraction of sp³-hybridized carbons (Fsp3) is 0.500. The summed E-state index contributed by atoms with van der Waals surface area (Å²) >= 11 is 1.43. The molecule has 0 aliphatic rings. The third kappa shape index (κ3) is 4.62. The van der Waals surface area contributed by atoms with E-state index in [1.807, 2.05) is 32.9 Å². The predicted molar refractivity (Wildman–Crippen MR) is 89.6 cm³/mol. The second-order valence-corrected chi connectivity index (χ2v) is 6.25. The SMILES string of the molecule is COCCn1c(SCC(=O)NC(C)c2ccco2)nc(C)c1C. The van der Waals surface area contributed by atoms with E-state index in [2.05, 4.69) is 14.9 Å². The van der Waals surface area contributed by atoms with E-state index in [1.165, 1.54) is 11.8 Å².